The number of aromatic nitrogens is 1. The van der Waals surface area contributed by atoms with Crippen molar-refractivity contribution in [2.24, 2.45) is 5.16 Å². The molecule has 0 bridgehead atoms. The molecule has 0 spiro atoms. The monoisotopic (exact) mass is 457 g/mol. The number of fused-ring (bicyclic) bond motifs is 1. The predicted molar refractivity (Wildman–Crippen MR) is 110 cm³/mol. The molecule has 0 fully saturated rings. The molecule has 1 N–H and O–H groups in total. The number of ether oxygens (including phenoxy) is 1. The van der Waals surface area contributed by atoms with Gasteiger partial charge in [0, 0.05) is 16.1 Å². The summed E-state index contributed by atoms with van der Waals surface area (Å²) in [5, 5.41) is 7.38. The maximum Gasteiger partial charge on any atom is 0.272 e. The molecule has 0 saturated heterocycles. The lowest BCUT2D eigenvalue weighted by molar-refractivity contribution is -0.125. The molecule has 1 atom stereocenters. The van der Waals surface area contributed by atoms with Gasteiger partial charge in [-0.05, 0) is 60.3 Å². The number of oxime groups is 1. The minimum absolute atomic E-state index is 0.121. The number of carbonyl (C=O) groups excluding carboxylic acids is 1. The Kier molecular flexibility index (Phi) is 7.85. The van der Waals surface area contributed by atoms with Crippen LogP contribution in [-0.4, -0.2) is 47.6 Å². The van der Waals surface area contributed by atoms with Gasteiger partial charge < -0.3 is 14.9 Å². The fraction of sp³-hybridized carbons (Fsp3) is 0.389. The molecule has 2 rings (SSSR count). The van der Waals surface area contributed by atoms with E-state index in [1.54, 1.807) is 32.4 Å². The number of hydrogen-bond acceptors (Lipinski definition) is 6. The van der Waals surface area contributed by atoms with Crippen molar-refractivity contribution in [2.75, 3.05) is 19.5 Å². The zero-order chi connectivity index (χ0) is 19.9. The summed E-state index contributed by atoms with van der Waals surface area (Å²) in [6, 6.07) is 7.38. The summed E-state index contributed by atoms with van der Waals surface area (Å²) in [6.07, 6.45) is 4.92. The number of alkyl halides is 1. The number of hydrogen-bond donors (Lipinski definition) is 1. The van der Waals surface area contributed by atoms with Crippen LogP contribution < -0.4 is 10.1 Å². The van der Waals surface area contributed by atoms with E-state index in [2.05, 4.69) is 31.4 Å². The zero-order valence-corrected chi connectivity index (χ0v) is 17.6. The van der Waals surface area contributed by atoms with Gasteiger partial charge in [-0.2, -0.15) is 0 Å². The highest BCUT2D eigenvalue weighted by Crippen LogP contribution is 2.24. The second-order valence-corrected chi connectivity index (χ2v) is 7.98. The number of nitrogens with zero attached hydrogens (tertiary/aromatic N) is 2. The van der Waals surface area contributed by atoms with Crippen molar-refractivity contribution in [1.82, 2.24) is 10.3 Å². The van der Waals surface area contributed by atoms with E-state index in [1.807, 2.05) is 18.2 Å². The number of benzene rings is 1. The summed E-state index contributed by atoms with van der Waals surface area (Å²) < 4.78 is 18.7. The first-order valence-corrected chi connectivity index (χ1v) is 10.2. The fourth-order valence-corrected chi connectivity index (χ4v) is 2.98. The van der Waals surface area contributed by atoms with E-state index in [0.717, 1.165) is 15.4 Å². The Labute approximate surface area is 170 Å². The van der Waals surface area contributed by atoms with E-state index >= 15 is 0 Å². The zero-order valence-electron chi connectivity index (χ0n) is 15.2. The number of halogens is 2. The summed E-state index contributed by atoms with van der Waals surface area (Å²) in [5.74, 6) is 0.256. The topological polar surface area (TPSA) is 72.8 Å². The normalized spacial score (nSPS) is 12.9. The minimum atomic E-state index is -0.775. The summed E-state index contributed by atoms with van der Waals surface area (Å²) in [5.41, 5.74) is -0.688. The summed E-state index contributed by atoms with van der Waals surface area (Å²) in [7, 11) is 0. The van der Waals surface area contributed by atoms with E-state index in [1.165, 1.54) is 18.0 Å². The van der Waals surface area contributed by atoms with Crippen molar-refractivity contribution >= 4 is 50.7 Å². The average Bonchev–Trinajstić information content (AvgIpc) is 2.62. The molecule has 1 aromatic carbocycles. The smallest absolute Gasteiger partial charge is 0.272 e. The third kappa shape index (κ3) is 6.66. The molecule has 9 heteroatoms. The van der Waals surface area contributed by atoms with Crippen molar-refractivity contribution in [3.8, 4) is 5.75 Å². The number of thioether (sulfide) groups is 1. The van der Waals surface area contributed by atoms with Crippen LogP contribution in [-0.2, 0) is 9.63 Å². The number of pyridine rings is 1. The Balaban J connectivity index is 2.05. The van der Waals surface area contributed by atoms with E-state index in [4.69, 9.17) is 9.57 Å². The third-order valence-corrected chi connectivity index (χ3v) is 4.53. The molecule has 1 amide bonds. The van der Waals surface area contributed by atoms with Crippen LogP contribution in [0.25, 0.3) is 10.9 Å². The van der Waals surface area contributed by atoms with Gasteiger partial charge in [0.05, 0.1) is 17.3 Å². The highest BCUT2D eigenvalue weighted by Gasteiger charge is 2.26. The standard InChI is InChI=1S/C18H21BrFN3O3S/c1-18(2,11-22-25-7-6-20)23-16(24)17(27-3)26-14-4-5-15-12(9-14)8-13(19)10-21-15/h4-5,8-11,17H,6-7H2,1-3H3,(H,23,24)/b22-11+. The Morgan fingerprint density at radius 2 is 2.26 bits per heavy atom. The first kappa shape index (κ1) is 21.4. The van der Waals surface area contributed by atoms with Crippen LogP contribution in [0.15, 0.2) is 40.1 Å². The van der Waals surface area contributed by atoms with Gasteiger partial charge in [-0.1, -0.05) is 5.16 Å². The molecular weight excluding hydrogens is 437 g/mol. The molecule has 0 saturated carbocycles. The molecule has 27 heavy (non-hydrogen) atoms. The van der Waals surface area contributed by atoms with E-state index < -0.39 is 17.6 Å². The Hall–Kier alpha value is -1.87. The molecule has 1 unspecified atom stereocenters. The van der Waals surface area contributed by atoms with E-state index in [-0.39, 0.29) is 12.5 Å². The van der Waals surface area contributed by atoms with Gasteiger partial charge in [-0.15, -0.1) is 11.8 Å². The van der Waals surface area contributed by atoms with E-state index in [0.29, 0.717) is 5.75 Å². The number of carbonyl (C=O) groups is 1. The fourth-order valence-electron chi connectivity index (χ4n) is 2.15. The van der Waals surface area contributed by atoms with Gasteiger partial charge in [0.2, 0.25) is 5.44 Å². The lowest BCUT2D eigenvalue weighted by Crippen LogP contribution is -2.49. The second-order valence-electron chi connectivity index (χ2n) is 6.16. The molecule has 0 radical (unpaired) electrons. The maximum absolute atomic E-state index is 12.6. The molecule has 2 aromatic rings. The molecular formula is C18H21BrFN3O3S. The van der Waals surface area contributed by atoms with E-state index in [9.17, 15) is 9.18 Å². The highest BCUT2D eigenvalue weighted by molar-refractivity contribution is 9.10. The Morgan fingerprint density at radius 1 is 1.48 bits per heavy atom. The maximum atomic E-state index is 12.6. The van der Waals surface area contributed by atoms with Gasteiger partial charge in [-0.25, -0.2) is 4.39 Å². The summed E-state index contributed by atoms with van der Waals surface area (Å²) >= 11 is 4.66. The second kappa shape index (κ2) is 9.89. The van der Waals surface area contributed by atoms with Crippen molar-refractivity contribution < 1.29 is 18.8 Å². The van der Waals surface area contributed by atoms with Crippen LogP contribution in [0, 0.1) is 0 Å². The molecule has 0 aliphatic heterocycles. The van der Waals surface area contributed by atoms with Gasteiger partial charge >= 0.3 is 0 Å². The molecule has 1 aromatic heterocycles. The van der Waals surface area contributed by atoms with Crippen molar-refractivity contribution in [1.29, 1.82) is 0 Å². The first-order valence-electron chi connectivity index (χ1n) is 8.14. The van der Waals surface area contributed by atoms with Crippen LogP contribution in [0.2, 0.25) is 0 Å². The SMILES string of the molecule is CSC(Oc1ccc2ncc(Br)cc2c1)C(=O)NC(C)(C)/C=N/OCCF. The van der Waals surface area contributed by atoms with Crippen LogP contribution in [0.3, 0.4) is 0 Å². The van der Waals surface area contributed by atoms with Crippen LogP contribution in [0.4, 0.5) is 4.39 Å². The van der Waals surface area contributed by atoms with Crippen LogP contribution >= 0.6 is 27.7 Å². The number of nitrogens with one attached hydrogen (secondary N) is 1. The quantitative estimate of drug-likeness (QED) is 0.267. The molecule has 0 aliphatic carbocycles. The van der Waals surface area contributed by atoms with Crippen molar-refractivity contribution in [2.45, 2.75) is 24.8 Å². The van der Waals surface area contributed by atoms with Crippen LogP contribution in [0.5, 0.6) is 5.75 Å². The average molecular weight is 458 g/mol. The Morgan fingerprint density at radius 3 is 2.96 bits per heavy atom. The largest absolute Gasteiger partial charge is 0.470 e. The molecule has 0 aliphatic rings. The number of rotatable bonds is 9. The van der Waals surface area contributed by atoms with Crippen molar-refractivity contribution in [3.63, 3.8) is 0 Å². The minimum Gasteiger partial charge on any atom is -0.470 e. The third-order valence-electron chi connectivity index (χ3n) is 3.35. The van der Waals surface area contributed by atoms with Gasteiger partial charge in [0.1, 0.15) is 19.0 Å². The number of amides is 1. The Bertz CT molecular complexity index is 820. The summed E-state index contributed by atoms with van der Waals surface area (Å²) in [4.78, 5) is 21.6. The van der Waals surface area contributed by atoms with Gasteiger partial charge in [0.25, 0.3) is 5.91 Å². The lowest BCUT2D eigenvalue weighted by atomic mass is 10.1. The van der Waals surface area contributed by atoms with Gasteiger partial charge in [0.15, 0.2) is 0 Å². The van der Waals surface area contributed by atoms with Gasteiger partial charge in [-0.3, -0.25) is 9.78 Å². The van der Waals surface area contributed by atoms with Crippen molar-refractivity contribution in [3.05, 3.63) is 34.9 Å². The highest BCUT2D eigenvalue weighted by atomic mass is 79.9. The summed E-state index contributed by atoms with van der Waals surface area (Å²) in [6.45, 7) is 2.77. The molecule has 146 valence electrons. The first-order chi connectivity index (χ1) is 12.8. The molecule has 6 nitrogen and oxygen atoms in total. The van der Waals surface area contributed by atoms with Crippen LogP contribution in [0.1, 0.15) is 13.8 Å². The molecule has 1 heterocycles. The predicted octanol–water partition coefficient (Wildman–Crippen LogP) is 3.93. The lowest BCUT2D eigenvalue weighted by Gasteiger charge is -2.24.